The van der Waals surface area contributed by atoms with Gasteiger partial charge in [-0.1, -0.05) is 25.1 Å². The normalized spacial score (nSPS) is 12.7. The van der Waals surface area contributed by atoms with Gasteiger partial charge in [-0.05, 0) is 41.1 Å². The molecule has 0 aliphatic rings. The highest BCUT2D eigenvalue weighted by Crippen LogP contribution is 2.31. The SMILES string of the molecule is CCNC(c1ccc(F)cn1)c1cccc2ccsc12. The van der Waals surface area contributed by atoms with Crippen LogP contribution < -0.4 is 5.32 Å². The average Bonchev–Trinajstić information content (AvgIpc) is 2.94. The molecule has 0 spiro atoms. The Bertz CT molecular complexity index is 706. The number of benzene rings is 1. The summed E-state index contributed by atoms with van der Waals surface area (Å²) in [7, 11) is 0. The summed E-state index contributed by atoms with van der Waals surface area (Å²) in [6, 6.07) is 11.6. The Labute approximate surface area is 121 Å². The summed E-state index contributed by atoms with van der Waals surface area (Å²) in [6.07, 6.45) is 1.27. The first-order valence-corrected chi connectivity index (χ1v) is 7.48. The minimum atomic E-state index is -0.307. The van der Waals surface area contributed by atoms with Gasteiger partial charge in [0.15, 0.2) is 0 Å². The summed E-state index contributed by atoms with van der Waals surface area (Å²) in [6.45, 7) is 2.89. The molecule has 1 unspecified atom stereocenters. The fourth-order valence-corrected chi connectivity index (χ4v) is 3.32. The van der Waals surface area contributed by atoms with E-state index in [0.717, 1.165) is 12.2 Å². The number of nitrogens with zero attached hydrogens (tertiary/aromatic N) is 1. The average molecular weight is 286 g/mol. The van der Waals surface area contributed by atoms with Crippen LogP contribution in [0.4, 0.5) is 4.39 Å². The molecule has 1 atom stereocenters. The summed E-state index contributed by atoms with van der Waals surface area (Å²) < 4.78 is 14.3. The number of pyridine rings is 1. The minimum absolute atomic E-state index is 0.0112. The second-order valence-electron chi connectivity index (χ2n) is 4.58. The van der Waals surface area contributed by atoms with Crippen LogP contribution in [0.3, 0.4) is 0 Å². The maximum absolute atomic E-state index is 13.1. The van der Waals surface area contributed by atoms with E-state index >= 15 is 0 Å². The lowest BCUT2D eigenvalue weighted by Crippen LogP contribution is -2.23. The molecule has 0 fully saturated rings. The molecule has 2 nitrogen and oxygen atoms in total. The van der Waals surface area contributed by atoms with E-state index in [1.807, 2.05) is 0 Å². The lowest BCUT2D eigenvalue weighted by molar-refractivity contribution is 0.596. The fourth-order valence-electron chi connectivity index (χ4n) is 2.38. The second kappa shape index (κ2) is 5.69. The molecular weight excluding hydrogens is 271 g/mol. The first-order chi connectivity index (χ1) is 9.79. The van der Waals surface area contributed by atoms with Crippen molar-refractivity contribution < 1.29 is 4.39 Å². The molecule has 20 heavy (non-hydrogen) atoms. The van der Waals surface area contributed by atoms with Gasteiger partial charge in [0.05, 0.1) is 17.9 Å². The van der Waals surface area contributed by atoms with E-state index in [9.17, 15) is 4.39 Å². The van der Waals surface area contributed by atoms with Crippen molar-refractivity contribution in [2.75, 3.05) is 6.54 Å². The van der Waals surface area contributed by atoms with Gasteiger partial charge in [-0.3, -0.25) is 4.98 Å². The van der Waals surface area contributed by atoms with E-state index in [1.165, 1.54) is 27.9 Å². The van der Waals surface area contributed by atoms with Crippen molar-refractivity contribution >= 4 is 21.4 Å². The Morgan fingerprint density at radius 3 is 2.90 bits per heavy atom. The molecule has 2 aromatic heterocycles. The van der Waals surface area contributed by atoms with Crippen molar-refractivity contribution in [1.82, 2.24) is 10.3 Å². The van der Waals surface area contributed by atoms with E-state index < -0.39 is 0 Å². The van der Waals surface area contributed by atoms with Crippen LogP contribution in [-0.4, -0.2) is 11.5 Å². The van der Waals surface area contributed by atoms with Crippen molar-refractivity contribution in [1.29, 1.82) is 0 Å². The number of aromatic nitrogens is 1. The Balaban J connectivity index is 2.10. The van der Waals surface area contributed by atoms with Crippen molar-refractivity contribution in [2.45, 2.75) is 13.0 Å². The molecule has 0 bridgehead atoms. The zero-order valence-corrected chi connectivity index (χ0v) is 12.0. The molecule has 0 amide bonds. The van der Waals surface area contributed by atoms with E-state index in [1.54, 1.807) is 17.4 Å². The summed E-state index contributed by atoms with van der Waals surface area (Å²) in [5.41, 5.74) is 2.03. The molecule has 0 aliphatic heterocycles. The van der Waals surface area contributed by atoms with Gasteiger partial charge in [0.1, 0.15) is 5.82 Å². The number of fused-ring (bicyclic) bond motifs is 1. The van der Waals surface area contributed by atoms with Gasteiger partial charge in [0.2, 0.25) is 0 Å². The van der Waals surface area contributed by atoms with Gasteiger partial charge in [-0.2, -0.15) is 0 Å². The van der Waals surface area contributed by atoms with Gasteiger partial charge < -0.3 is 5.32 Å². The lowest BCUT2D eigenvalue weighted by atomic mass is 10.0. The molecule has 2 heterocycles. The predicted molar refractivity (Wildman–Crippen MR) is 81.5 cm³/mol. The van der Waals surface area contributed by atoms with Crippen LogP contribution in [0.25, 0.3) is 10.1 Å². The smallest absolute Gasteiger partial charge is 0.141 e. The molecule has 0 aliphatic carbocycles. The Kier molecular flexibility index (Phi) is 3.76. The van der Waals surface area contributed by atoms with Crippen molar-refractivity contribution in [2.24, 2.45) is 0 Å². The Morgan fingerprint density at radius 1 is 1.25 bits per heavy atom. The Hall–Kier alpha value is -1.78. The maximum atomic E-state index is 13.1. The zero-order chi connectivity index (χ0) is 13.9. The van der Waals surface area contributed by atoms with Gasteiger partial charge >= 0.3 is 0 Å². The number of halogens is 1. The van der Waals surface area contributed by atoms with Crippen LogP contribution in [0.2, 0.25) is 0 Å². The highest BCUT2D eigenvalue weighted by atomic mass is 32.1. The standard InChI is InChI=1S/C16H15FN2S/c1-2-18-15(14-7-6-12(17)10-19-14)13-5-3-4-11-8-9-20-16(11)13/h3-10,15,18H,2H2,1H3. The van der Waals surface area contributed by atoms with Crippen molar-refractivity contribution in [3.63, 3.8) is 0 Å². The number of hydrogen-bond donors (Lipinski definition) is 1. The third-order valence-electron chi connectivity index (χ3n) is 3.27. The molecule has 0 saturated carbocycles. The maximum Gasteiger partial charge on any atom is 0.141 e. The van der Waals surface area contributed by atoms with Crippen LogP contribution in [-0.2, 0) is 0 Å². The molecule has 0 radical (unpaired) electrons. The summed E-state index contributed by atoms with van der Waals surface area (Å²) in [5, 5.41) is 6.76. The first kappa shape index (κ1) is 13.2. The molecule has 3 aromatic rings. The van der Waals surface area contributed by atoms with Crippen LogP contribution in [0.15, 0.2) is 48.0 Å². The molecule has 1 N–H and O–H groups in total. The molecule has 4 heteroatoms. The molecule has 3 rings (SSSR count). The van der Waals surface area contributed by atoms with Gasteiger partial charge in [0.25, 0.3) is 0 Å². The minimum Gasteiger partial charge on any atom is -0.305 e. The summed E-state index contributed by atoms with van der Waals surface area (Å²) in [4.78, 5) is 4.23. The van der Waals surface area contributed by atoms with E-state index in [4.69, 9.17) is 0 Å². The van der Waals surface area contributed by atoms with Gasteiger partial charge in [0, 0.05) is 4.70 Å². The largest absolute Gasteiger partial charge is 0.305 e. The fraction of sp³-hybridized carbons (Fsp3) is 0.188. The van der Waals surface area contributed by atoms with Crippen molar-refractivity contribution in [3.05, 3.63) is 65.0 Å². The molecule has 0 saturated heterocycles. The number of rotatable bonds is 4. The van der Waals surface area contributed by atoms with E-state index in [-0.39, 0.29) is 11.9 Å². The molecule has 1 aromatic carbocycles. The third-order valence-corrected chi connectivity index (χ3v) is 4.25. The van der Waals surface area contributed by atoms with Crippen molar-refractivity contribution in [3.8, 4) is 0 Å². The number of nitrogens with one attached hydrogen (secondary N) is 1. The molecular formula is C16H15FN2S. The van der Waals surface area contributed by atoms with E-state index in [2.05, 4.69) is 46.9 Å². The highest BCUT2D eigenvalue weighted by Gasteiger charge is 2.17. The quantitative estimate of drug-likeness (QED) is 0.780. The molecule has 102 valence electrons. The van der Waals surface area contributed by atoms with Gasteiger partial charge in [-0.15, -0.1) is 11.3 Å². The third kappa shape index (κ3) is 2.44. The number of thiophene rings is 1. The second-order valence-corrected chi connectivity index (χ2v) is 5.49. The highest BCUT2D eigenvalue weighted by molar-refractivity contribution is 7.17. The topological polar surface area (TPSA) is 24.9 Å². The first-order valence-electron chi connectivity index (χ1n) is 6.60. The Morgan fingerprint density at radius 2 is 2.15 bits per heavy atom. The van der Waals surface area contributed by atoms with Crippen LogP contribution in [0.1, 0.15) is 24.2 Å². The van der Waals surface area contributed by atoms with Gasteiger partial charge in [-0.25, -0.2) is 4.39 Å². The lowest BCUT2D eigenvalue weighted by Gasteiger charge is -2.18. The predicted octanol–water partition coefficient (Wildman–Crippen LogP) is 4.13. The summed E-state index contributed by atoms with van der Waals surface area (Å²) in [5.74, 6) is -0.307. The van der Waals surface area contributed by atoms with E-state index in [0.29, 0.717) is 0 Å². The van der Waals surface area contributed by atoms with Crippen LogP contribution in [0, 0.1) is 5.82 Å². The number of hydrogen-bond acceptors (Lipinski definition) is 3. The monoisotopic (exact) mass is 286 g/mol. The van der Waals surface area contributed by atoms with Crippen LogP contribution in [0.5, 0.6) is 0 Å². The zero-order valence-electron chi connectivity index (χ0n) is 11.1. The van der Waals surface area contributed by atoms with Crippen LogP contribution >= 0.6 is 11.3 Å². The summed E-state index contributed by atoms with van der Waals surface area (Å²) >= 11 is 1.72.